The van der Waals surface area contributed by atoms with Gasteiger partial charge in [-0.25, -0.2) is 0 Å². The molecule has 1 aromatic heterocycles. The van der Waals surface area contributed by atoms with E-state index in [2.05, 4.69) is 4.98 Å². The first-order chi connectivity index (χ1) is 9.29. The van der Waals surface area contributed by atoms with Crippen molar-refractivity contribution in [3.8, 4) is 11.3 Å². The van der Waals surface area contributed by atoms with Crippen molar-refractivity contribution in [2.75, 3.05) is 0 Å². The second-order valence-electron chi connectivity index (χ2n) is 4.41. The molecule has 2 N–H and O–H groups in total. The number of hydrogen-bond donors (Lipinski definition) is 2. The smallest absolute Gasteiger partial charge is 0.256 e. The van der Waals surface area contributed by atoms with Gasteiger partial charge in [-0.1, -0.05) is 42.5 Å². The summed E-state index contributed by atoms with van der Waals surface area (Å²) in [6.45, 7) is -0.0506. The highest BCUT2D eigenvalue weighted by molar-refractivity contribution is 5.85. The molecule has 2 aromatic carbocycles. The molecule has 0 aliphatic rings. The molecular weight excluding hydrogens is 238 g/mol. The van der Waals surface area contributed by atoms with Crippen LogP contribution in [0.4, 0.5) is 0 Å². The van der Waals surface area contributed by atoms with Crippen molar-refractivity contribution in [2.24, 2.45) is 0 Å². The van der Waals surface area contributed by atoms with Gasteiger partial charge in [-0.15, -0.1) is 0 Å². The quantitative estimate of drug-likeness (QED) is 0.735. The van der Waals surface area contributed by atoms with Crippen LogP contribution in [-0.2, 0) is 6.61 Å². The number of aromatic amines is 1. The molecule has 0 saturated heterocycles. The normalized spacial score (nSPS) is 10.8. The van der Waals surface area contributed by atoms with Gasteiger partial charge in [0, 0.05) is 16.6 Å². The van der Waals surface area contributed by atoms with Gasteiger partial charge in [0.2, 0.25) is 0 Å². The number of rotatable bonds is 2. The van der Waals surface area contributed by atoms with Crippen molar-refractivity contribution < 1.29 is 5.11 Å². The van der Waals surface area contributed by atoms with E-state index in [9.17, 15) is 9.90 Å². The predicted octanol–water partition coefficient (Wildman–Crippen LogP) is 2.69. The number of aliphatic hydroxyl groups excluding tert-OH is 1. The van der Waals surface area contributed by atoms with Gasteiger partial charge in [0.15, 0.2) is 0 Å². The molecule has 0 radical (unpaired) electrons. The predicted molar refractivity (Wildman–Crippen MR) is 75.9 cm³/mol. The molecule has 0 saturated carbocycles. The van der Waals surface area contributed by atoms with Crippen LogP contribution in [0.5, 0.6) is 0 Å². The Morgan fingerprint density at radius 2 is 1.74 bits per heavy atom. The number of fused-ring (bicyclic) bond motifs is 1. The summed E-state index contributed by atoms with van der Waals surface area (Å²) >= 11 is 0. The Hall–Kier alpha value is -2.39. The Balaban J connectivity index is 2.29. The average Bonchev–Trinajstić information content (AvgIpc) is 2.47. The zero-order chi connectivity index (χ0) is 13.2. The molecule has 0 bridgehead atoms. The van der Waals surface area contributed by atoms with E-state index >= 15 is 0 Å². The highest BCUT2D eigenvalue weighted by Gasteiger charge is 2.07. The second kappa shape index (κ2) is 4.71. The number of H-pyrrole nitrogens is 1. The van der Waals surface area contributed by atoms with Crippen LogP contribution < -0.4 is 5.56 Å². The molecule has 1 heterocycles. The number of nitrogens with one attached hydrogen (secondary N) is 1. The lowest BCUT2D eigenvalue weighted by Gasteiger charge is -2.08. The summed E-state index contributed by atoms with van der Waals surface area (Å²) in [5.41, 5.74) is 2.27. The van der Waals surface area contributed by atoms with E-state index in [4.69, 9.17) is 0 Å². The number of aromatic nitrogens is 1. The first-order valence-electron chi connectivity index (χ1n) is 6.11. The Labute approximate surface area is 110 Å². The van der Waals surface area contributed by atoms with Gasteiger partial charge in [0.1, 0.15) is 0 Å². The highest BCUT2D eigenvalue weighted by Crippen LogP contribution is 2.23. The van der Waals surface area contributed by atoms with Gasteiger partial charge in [0.05, 0.1) is 6.61 Å². The highest BCUT2D eigenvalue weighted by atomic mass is 16.3. The molecule has 0 aliphatic heterocycles. The molecule has 0 unspecified atom stereocenters. The van der Waals surface area contributed by atoms with Crippen molar-refractivity contribution in [3.63, 3.8) is 0 Å². The Bertz CT molecular complexity index is 790. The first kappa shape index (κ1) is 11.7. The minimum absolute atomic E-state index is 0.0506. The maximum atomic E-state index is 12.1. The molecular formula is C16H13NO2. The average molecular weight is 251 g/mol. The fraction of sp³-hybridized carbons (Fsp3) is 0.0625. The molecule has 0 fully saturated rings. The second-order valence-corrected chi connectivity index (χ2v) is 4.41. The van der Waals surface area contributed by atoms with E-state index in [1.54, 1.807) is 6.07 Å². The molecule has 19 heavy (non-hydrogen) atoms. The van der Waals surface area contributed by atoms with Crippen LogP contribution >= 0.6 is 0 Å². The van der Waals surface area contributed by atoms with Crippen LogP contribution in [0.25, 0.3) is 22.0 Å². The standard InChI is InChI=1S/C16H13NO2/c18-10-12-6-2-3-7-13(12)15-9-11-5-1-4-8-14(11)16(19)17-15/h1-9,18H,10H2,(H,17,19). The summed E-state index contributed by atoms with van der Waals surface area (Å²) in [5, 5.41) is 10.9. The van der Waals surface area contributed by atoms with Crippen molar-refractivity contribution >= 4 is 10.8 Å². The summed E-state index contributed by atoms with van der Waals surface area (Å²) in [7, 11) is 0. The van der Waals surface area contributed by atoms with E-state index in [1.807, 2.05) is 48.5 Å². The molecule has 94 valence electrons. The van der Waals surface area contributed by atoms with Gasteiger partial charge in [-0.05, 0) is 23.1 Å². The van der Waals surface area contributed by atoms with Crippen molar-refractivity contribution in [2.45, 2.75) is 6.61 Å². The van der Waals surface area contributed by atoms with Gasteiger partial charge in [0.25, 0.3) is 5.56 Å². The van der Waals surface area contributed by atoms with Crippen LogP contribution in [0.1, 0.15) is 5.56 Å². The molecule has 0 amide bonds. The van der Waals surface area contributed by atoms with E-state index in [0.717, 1.165) is 22.2 Å². The Kier molecular flexibility index (Phi) is 2.89. The fourth-order valence-corrected chi connectivity index (χ4v) is 2.28. The van der Waals surface area contributed by atoms with Crippen LogP contribution in [0.15, 0.2) is 59.4 Å². The van der Waals surface area contributed by atoms with E-state index in [0.29, 0.717) is 5.39 Å². The number of pyridine rings is 1. The van der Waals surface area contributed by atoms with Gasteiger partial charge in [-0.2, -0.15) is 0 Å². The summed E-state index contributed by atoms with van der Waals surface area (Å²) in [5.74, 6) is 0. The van der Waals surface area contributed by atoms with Crippen molar-refractivity contribution in [3.05, 3.63) is 70.5 Å². The number of aliphatic hydroxyl groups is 1. The lowest BCUT2D eigenvalue weighted by atomic mass is 10.0. The maximum absolute atomic E-state index is 12.1. The topological polar surface area (TPSA) is 53.1 Å². The molecule has 3 heteroatoms. The zero-order valence-corrected chi connectivity index (χ0v) is 10.3. The third-order valence-corrected chi connectivity index (χ3v) is 3.23. The summed E-state index contributed by atoms with van der Waals surface area (Å²) in [6.07, 6.45) is 0. The van der Waals surface area contributed by atoms with Gasteiger partial charge in [-0.3, -0.25) is 4.79 Å². The monoisotopic (exact) mass is 251 g/mol. The lowest BCUT2D eigenvalue weighted by Crippen LogP contribution is -2.07. The first-order valence-corrected chi connectivity index (χ1v) is 6.11. The number of hydrogen-bond acceptors (Lipinski definition) is 2. The van der Waals surface area contributed by atoms with E-state index in [-0.39, 0.29) is 12.2 Å². The van der Waals surface area contributed by atoms with Crippen LogP contribution in [0, 0.1) is 0 Å². The van der Waals surface area contributed by atoms with E-state index in [1.165, 1.54) is 0 Å². The molecule has 0 atom stereocenters. The van der Waals surface area contributed by atoms with E-state index < -0.39 is 0 Å². The fourth-order valence-electron chi connectivity index (χ4n) is 2.28. The van der Waals surface area contributed by atoms with Crippen LogP contribution in [0.2, 0.25) is 0 Å². The minimum Gasteiger partial charge on any atom is -0.392 e. The SMILES string of the molecule is O=c1[nH]c(-c2ccccc2CO)cc2ccccc12. The third-order valence-electron chi connectivity index (χ3n) is 3.23. The molecule has 3 aromatic rings. The molecule has 3 rings (SSSR count). The summed E-state index contributed by atoms with van der Waals surface area (Å²) in [6, 6.07) is 16.9. The van der Waals surface area contributed by atoms with Gasteiger partial charge < -0.3 is 10.1 Å². The third kappa shape index (κ3) is 2.04. The lowest BCUT2D eigenvalue weighted by molar-refractivity contribution is 0.282. The van der Waals surface area contributed by atoms with Crippen molar-refractivity contribution in [1.82, 2.24) is 4.98 Å². The zero-order valence-electron chi connectivity index (χ0n) is 10.3. The van der Waals surface area contributed by atoms with Crippen LogP contribution in [-0.4, -0.2) is 10.1 Å². The minimum atomic E-state index is -0.110. The summed E-state index contributed by atoms with van der Waals surface area (Å²) < 4.78 is 0. The van der Waals surface area contributed by atoms with Crippen molar-refractivity contribution in [1.29, 1.82) is 0 Å². The molecule has 3 nitrogen and oxygen atoms in total. The van der Waals surface area contributed by atoms with Gasteiger partial charge >= 0.3 is 0 Å². The molecule has 0 spiro atoms. The Morgan fingerprint density at radius 3 is 2.58 bits per heavy atom. The summed E-state index contributed by atoms with van der Waals surface area (Å²) in [4.78, 5) is 14.9. The van der Waals surface area contributed by atoms with Crippen LogP contribution in [0.3, 0.4) is 0 Å². The maximum Gasteiger partial charge on any atom is 0.256 e. The Morgan fingerprint density at radius 1 is 1.00 bits per heavy atom. The molecule has 0 aliphatic carbocycles. The largest absolute Gasteiger partial charge is 0.392 e. The number of benzene rings is 2.